The van der Waals surface area contributed by atoms with Crippen LogP contribution in [0.25, 0.3) is 0 Å². The van der Waals surface area contributed by atoms with Gasteiger partial charge in [0.1, 0.15) is 5.82 Å². The third-order valence-corrected chi connectivity index (χ3v) is 5.32. The summed E-state index contributed by atoms with van der Waals surface area (Å²) < 4.78 is 4.39. The van der Waals surface area contributed by atoms with Gasteiger partial charge in [0.25, 0.3) is 0 Å². The van der Waals surface area contributed by atoms with Gasteiger partial charge in [-0.25, -0.2) is 4.98 Å². The molecule has 0 unspecified atom stereocenters. The maximum absolute atomic E-state index is 4.59. The Bertz CT molecular complexity index is 724. The Kier molecular flexibility index (Phi) is 8.68. The van der Waals surface area contributed by atoms with Crippen molar-refractivity contribution >= 4 is 46.6 Å². The van der Waals surface area contributed by atoms with Crippen molar-refractivity contribution in [1.82, 2.24) is 24.6 Å². The zero-order valence-electron chi connectivity index (χ0n) is 16.2. The van der Waals surface area contributed by atoms with Crippen molar-refractivity contribution in [3.8, 4) is 0 Å². The quantitative estimate of drug-likeness (QED) is 0.386. The van der Waals surface area contributed by atoms with E-state index in [0.29, 0.717) is 0 Å². The number of hydrogen-bond donors (Lipinski definition) is 1. The second kappa shape index (κ2) is 10.7. The second-order valence-corrected chi connectivity index (χ2v) is 7.08. The molecule has 148 valence electrons. The van der Waals surface area contributed by atoms with Gasteiger partial charge in [-0.2, -0.15) is 4.37 Å². The Balaban J connectivity index is 0.00000261. The molecule has 7 nitrogen and oxygen atoms in total. The minimum Gasteiger partial charge on any atom is -0.356 e. The SMILES string of the molecule is CCc1nsc(N2CCN(C(=NC)NCCc3ccc(C)nc3)CC2)n1.I. The number of nitrogens with one attached hydrogen (secondary N) is 1. The lowest BCUT2D eigenvalue weighted by Crippen LogP contribution is -2.52. The molecule has 0 atom stereocenters. The topological polar surface area (TPSA) is 69.5 Å². The van der Waals surface area contributed by atoms with Crippen molar-refractivity contribution < 1.29 is 0 Å². The number of halogens is 1. The Morgan fingerprint density at radius 1 is 1.26 bits per heavy atom. The summed E-state index contributed by atoms with van der Waals surface area (Å²) in [6, 6.07) is 4.19. The van der Waals surface area contributed by atoms with Crippen LogP contribution in [-0.2, 0) is 12.8 Å². The molecule has 3 rings (SSSR count). The summed E-state index contributed by atoms with van der Waals surface area (Å²) in [5.41, 5.74) is 2.29. The third kappa shape index (κ3) is 6.00. The van der Waals surface area contributed by atoms with Crippen molar-refractivity contribution in [2.24, 2.45) is 4.99 Å². The number of rotatable bonds is 5. The van der Waals surface area contributed by atoms with Crippen LogP contribution in [0.1, 0.15) is 24.0 Å². The zero-order chi connectivity index (χ0) is 18.4. The highest BCUT2D eigenvalue weighted by Crippen LogP contribution is 2.19. The van der Waals surface area contributed by atoms with Gasteiger partial charge in [-0.1, -0.05) is 13.0 Å². The lowest BCUT2D eigenvalue weighted by molar-refractivity contribution is 0.372. The van der Waals surface area contributed by atoms with Crippen LogP contribution in [0.3, 0.4) is 0 Å². The van der Waals surface area contributed by atoms with E-state index in [0.717, 1.165) is 68.2 Å². The third-order valence-electron chi connectivity index (χ3n) is 4.50. The van der Waals surface area contributed by atoms with E-state index in [2.05, 4.69) is 53.5 Å². The Labute approximate surface area is 182 Å². The molecule has 0 amide bonds. The number of nitrogens with zero attached hydrogens (tertiary/aromatic N) is 6. The fourth-order valence-corrected chi connectivity index (χ4v) is 3.72. The average molecular weight is 501 g/mol. The Morgan fingerprint density at radius 2 is 2.04 bits per heavy atom. The highest BCUT2D eigenvalue weighted by molar-refractivity contribution is 14.0. The van der Waals surface area contributed by atoms with Gasteiger partial charge in [0.2, 0.25) is 5.13 Å². The molecule has 1 aliphatic rings. The van der Waals surface area contributed by atoms with Gasteiger partial charge in [-0.05, 0) is 25.0 Å². The molecule has 0 saturated carbocycles. The molecule has 2 aromatic rings. The van der Waals surface area contributed by atoms with Crippen LogP contribution in [0.15, 0.2) is 23.3 Å². The number of aromatic nitrogens is 3. The van der Waals surface area contributed by atoms with E-state index in [1.54, 1.807) is 0 Å². The van der Waals surface area contributed by atoms with Crippen LogP contribution in [0.5, 0.6) is 0 Å². The summed E-state index contributed by atoms with van der Waals surface area (Å²) >= 11 is 1.50. The summed E-state index contributed by atoms with van der Waals surface area (Å²) in [5.74, 6) is 1.91. The molecule has 9 heteroatoms. The van der Waals surface area contributed by atoms with Gasteiger partial charge in [-0.15, -0.1) is 24.0 Å². The van der Waals surface area contributed by atoms with E-state index in [1.807, 2.05) is 20.2 Å². The standard InChI is InChI=1S/C18H27N7S.HI/c1-4-16-22-18(26-23-16)25-11-9-24(10-12-25)17(19-3)20-8-7-15-6-5-14(2)21-13-15;/h5-6,13H,4,7-12H2,1-3H3,(H,19,20);1H. The first kappa shape index (κ1) is 21.8. The number of piperazine rings is 1. The van der Waals surface area contributed by atoms with Gasteiger partial charge in [-0.3, -0.25) is 9.98 Å². The summed E-state index contributed by atoms with van der Waals surface area (Å²) in [5, 5.41) is 4.51. The lowest BCUT2D eigenvalue weighted by atomic mass is 10.2. The molecule has 0 radical (unpaired) electrons. The summed E-state index contributed by atoms with van der Waals surface area (Å²) in [6.07, 6.45) is 3.78. The van der Waals surface area contributed by atoms with E-state index >= 15 is 0 Å². The van der Waals surface area contributed by atoms with Crippen LogP contribution in [0.4, 0.5) is 5.13 Å². The van der Waals surface area contributed by atoms with Gasteiger partial charge in [0.05, 0.1) is 0 Å². The highest BCUT2D eigenvalue weighted by atomic mass is 127. The first-order valence-electron chi connectivity index (χ1n) is 9.14. The fraction of sp³-hybridized carbons (Fsp3) is 0.556. The number of anilines is 1. The van der Waals surface area contributed by atoms with E-state index in [9.17, 15) is 0 Å². The molecule has 2 aromatic heterocycles. The molecular formula is C18H28IN7S. The Hall–Kier alpha value is -1.49. The zero-order valence-corrected chi connectivity index (χ0v) is 19.3. The number of aryl methyl sites for hydroxylation is 2. The number of guanidine groups is 1. The van der Waals surface area contributed by atoms with Gasteiger partial charge < -0.3 is 15.1 Å². The van der Waals surface area contributed by atoms with Crippen LogP contribution in [0, 0.1) is 6.92 Å². The molecule has 1 N–H and O–H groups in total. The van der Waals surface area contributed by atoms with Crippen LogP contribution >= 0.6 is 35.5 Å². The minimum atomic E-state index is 0. The fourth-order valence-electron chi connectivity index (χ4n) is 2.92. The molecule has 1 aliphatic heterocycles. The number of hydrogen-bond acceptors (Lipinski definition) is 6. The monoisotopic (exact) mass is 501 g/mol. The normalized spacial score (nSPS) is 14.9. The molecule has 27 heavy (non-hydrogen) atoms. The maximum atomic E-state index is 4.59. The van der Waals surface area contributed by atoms with Crippen LogP contribution in [-0.4, -0.2) is 65.0 Å². The van der Waals surface area contributed by atoms with E-state index in [1.165, 1.54) is 17.1 Å². The number of pyridine rings is 1. The molecular weight excluding hydrogens is 473 g/mol. The second-order valence-electron chi connectivity index (χ2n) is 6.35. The van der Waals surface area contributed by atoms with Gasteiger partial charge >= 0.3 is 0 Å². The molecule has 0 aliphatic carbocycles. The van der Waals surface area contributed by atoms with E-state index in [4.69, 9.17) is 0 Å². The smallest absolute Gasteiger partial charge is 0.205 e. The Morgan fingerprint density at radius 3 is 2.63 bits per heavy atom. The molecule has 0 spiro atoms. The lowest BCUT2D eigenvalue weighted by Gasteiger charge is -2.36. The number of aliphatic imine (C=N–C) groups is 1. The predicted molar refractivity (Wildman–Crippen MR) is 123 cm³/mol. The first-order valence-corrected chi connectivity index (χ1v) is 9.91. The van der Waals surface area contributed by atoms with Gasteiger partial charge in [0.15, 0.2) is 5.96 Å². The van der Waals surface area contributed by atoms with Crippen molar-refractivity contribution in [3.05, 3.63) is 35.4 Å². The predicted octanol–water partition coefficient (Wildman–Crippen LogP) is 2.36. The van der Waals surface area contributed by atoms with Gasteiger partial charge in [0, 0.05) is 69.6 Å². The molecule has 0 aromatic carbocycles. The van der Waals surface area contributed by atoms with Crippen LogP contribution in [0.2, 0.25) is 0 Å². The summed E-state index contributed by atoms with van der Waals surface area (Å²) in [7, 11) is 1.85. The largest absolute Gasteiger partial charge is 0.356 e. The first-order chi connectivity index (χ1) is 12.7. The molecule has 1 fully saturated rings. The van der Waals surface area contributed by atoms with Crippen molar-refractivity contribution in [2.45, 2.75) is 26.7 Å². The van der Waals surface area contributed by atoms with Crippen molar-refractivity contribution in [2.75, 3.05) is 44.7 Å². The minimum absolute atomic E-state index is 0. The molecule has 0 bridgehead atoms. The maximum Gasteiger partial charge on any atom is 0.205 e. The molecule has 3 heterocycles. The van der Waals surface area contributed by atoms with Crippen LogP contribution < -0.4 is 10.2 Å². The average Bonchev–Trinajstić information content (AvgIpc) is 3.16. The molecule has 1 saturated heterocycles. The van der Waals surface area contributed by atoms with Crippen molar-refractivity contribution in [3.63, 3.8) is 0 Å². The van der Waals surface area contributed by atoms with E-state index in [-0.39, 0.29) is 24.0 Å². The summed E-state index contributed by atoms with van der Waals surface area (Å²) in [6.45, 7) is 8.72. The van der Waals surface area contributed by atoms with Crippen molar-refractivity contribution in [1.29, 1.82) is 0 Å². The highest BCUT2D eigenvalue weighted by Gasteiger charge is 2.21. The summed E-state index contributed by atoms with van der Waals surface area (Å²) in [4.78, 5) is 18.0. The van der Waals surface area contributed by atoms with E-state index < -0.39 is 0 Å².